The zero-order valence-electron chi connectivity index (χ0n) is 8.61. The van der Waals surface area contributed by atoms with E-state index in [2.05, 4.69) is 0 Å². The van der Waals surface area contributed by atoms with Crippen LogP contribution in [-0.2, 0) is 4.79 Å². The summed E-state index contributed by atoms with van der Waals surface area (Å²) in [5, 5.41) is 0. The van der Waals surface area contributed by atoms with E-state index >= 15 is 0 Å². The molecule has 1 aliphatic heterocycles. The Kier molecular flexibility index (Phi) is 6.08. The highest BCUT2D eigenvalue weighted by Crippen LogP contribution is 2.16. The first-order valence-electron chi connectivity index (χ1n) is 4.93. The minimum atomic E-state index is -0.396. The molecule has 1 amide bonds. The topological polar surface area (TPSA) is 72.4 Å². The van der Waals surface area contributed by atoms with Crippen LogP contribution in [0.4, 0.5) is 0 Å². The number of carbonyl (C=O) groups excluding carboxylic acids is 1. The zero-order valence-corrected chi connectivity index (χ0v) is 9.43. The molecule has 1 unspecified atom stereocenters. The fraction of sp³-hybridized carbons (Fsp3) is 0.889. The van der Waals surface area contributed by atoms with Gasteiger partial charge >= 0.3 is 0 Å². The van der Waals surface area contributed by atoms with Gasteiger partial charge in [-0.1, -0.05) is 0 Å². The van der Waals surface area contributed by atoms with Crippen molar-refractivity contribution in [2.45, 2.75) is 38.3 Å². The molecule has 1 saturated heterocycles. The molecule has 0 aromatic carbocycles. The van der Waals surface area contributed by atoms with Crippen molar-refractivity contribution in [3.05, 3.63) is 0 Å². The van der Waals surface area contributed by atoms with Crippen molar-refractivity contribution in [3.63, 3.8) is 0 Å². The summed E-state index contributed by atoms with van der Waals surface area (Å²) in [5.74, 6) is 0.0372. The Labute approximate surface area is 91.4 Å². The average molecular weight is 222 g/mol. The second-order valence-corrected chi connectivity index (χ2v) is 3.71. The van der Waals surface area contributed by atoms with Gasteiger partial charge in [-0.05, 0) is 26.2 Å². The molecule has 0 saturated carbocycles. The Morgan fingerprint density at radius 3 is 2.71 bits per heavy atom. The number of nitrogens with two attached hydrogens (primary N) is 2. The Morgan fingerprint density at radius 2 is 2.21 bits per heavy atom. The van der Waals surface area contributed by atoms with Crippen molar-refractivity contribution >= 4 is 18.3 Å². The summed E-state index contributed by atoms with van der Waals surface area (Å²) in [4.78, 5) is 13.5. The second kappa shape index (κ2) is 6.22. The van der Waals surface area contributed by atoms with E-state index in [9.17, 15) is 4.79 Å². The molecule has 0 aromatic heterocycles. The summed E-state index contributed by atoms with van der Waals surface area (Å²) in [7, 11) is 0. The van der Waals surface area contributed by atoms with Crippen molar-refractivity contribution in [2.24, 2.45) is 11.5 Å². The molecule has 1 heterocycles. The molecular formula is C9H20ClN3O. The first kappa shape index (κ1) is 13.7. The van der Waals surface area contributed by atoms with Crippen LogP contribution in [0.15, 0.2) is 0 Å². The van der Waals surface area contributed by atoms with E-state index in [4.69, 9.17) is 11.5 Å². The van der Waals surface area contributed by atoms with E-state index < -0.39 is 6.04 Å². The predicted octanol–water partition coefficient (Wildman–Crippen LogP) is 0.0952. The molecule has 84 valence electrons. The molecule has 1 fully saturated rings. The number of nitrogens with zero attached hydrogens (tertiary/aromatic N) is 1. The first-order chi connectivity index (χ1) is 6.16. The standard InChI is InChI=1S/C9H19N3O.ClH/c1-7(11)9(13)12-5-3-2-4-8(12)6-10;/h7-8H,2-6,10-11H2,1H3;1H/t7-,8?;/m0./s1. The maximum absolute atomic E-state index is 11.6. The Morgan fingerprint density at radius 1 is 1.57 bits per heavy atom. The van der Waals surface area contributed by atoms with Crippen LogP contribution in [0.5, 0.6) is 0 Å². The van der Waals surface area contributed by atoms with Crippen molar-refractivity contribution in [3.8, 4) is 0 Å². The monoisotopic (exact) mass is 221 g/mol. The molecule has 5 heteroatoms. The van der Waals surface area contributed by atoms with E-state index in [1.54, 1.807) is 6.92 Å². The van der Waals surface area contributed by atoms with Crippen molar-refractivity contribution in [1.82, 2.24) is 4.90 Å². The van der Waals surface area contributed by atoms with Crippen molar-refractivity contribution < 1.29 is 4.79 Å². The van der Waals surface area contributed by atoms with E-state index in [0.717, 1.165) is 19.4 Å². The summed E-state index contributed by atoms with van der Waals surface area (Å²) >= 11 is 0. The summed E-state index contributed by atoms with van der Waals surface area (Å²) in [6.07, 6.45) is 3.27. The molecule has 4 nitrogen and oxygen atoms in total. The lowest BCUT2D eigenvalue weighted by atomic mass is 10.0. The van der Waals surface area contributed by atoms with Crippen molar-refractivity contribution in [2.75, 3.05) is 13.1 Å². The quantitative estimate of drug-likeness (QED) is 0.695. The van der Waals surface area contributed by atoms with Gasteiger partial charge < -0.3 is 16.4 Å². The van der Waals surface area contributed by atoms with Gasteiger partial charge in [-0.2, -0.15) is 0 Å². The van der Waals surface area contributed by atoms with E-state index in [0.29, 0.717) is 6.54 Å². The van der Waals surface area contributed by atoms with Gasteiger partial charge in [0.1, 0.15) is 0 Å². The molecule has 14 heavy (non-hydrogen) atoms. The fourth-order valence-electron chi connectivity index (χ4n) is 1.80. The van der Waals surface area contributed by atoms with Crippen LogP contribution in [0.1, 0.15) is 26.2 Å². The summed E-state index contributed by atoms with van der Waals surface area (Å²) in [5.41, 5.74) is 11.1. The largest absolute Gasteiger partial charge is 0.337 e. The van der Waals surface area contributed by atoms with Crippen LogP contribution in [-0.4, -0.2) is 36.0 Å². The Balaban J connectivity index is 0.00000169. The second-order valence-electron chi connectivity index (χ2n) is 3.71. The lowest BCUT2D eigenvalue weighted by molar-refractivity contribution is -0.135. The number of amides is 1. The third kappa shape index (κ3) is 3.12. The summed E-state index contributed by atoms with van der Waals surface area (Å²) in [6, 6.07) is -0.181. The van der Waals surface area contributed by atoms with Crippen LogP contribution in [0.3, 0.4) is 0 Å². The number of halogens is 1. The average Bonchev–Trinajstić information content (AvgIpc) is 2.16. The number of carbonyl (C=O) groups is 1. The van der Waals surface area contributed by atoms with Gasteiger partial charge in [-0.15, -0.1) is 12.4 Å². The van der Waals surface area contributed by atoms with Crippen molar-refractivity contribution in [1.29, 1.82) is 0 Å². The third-order valence-corrected chi connectivity index (χ3v) is 2.57. The minimum Gasteiger partial charge on any atom is -0.337 e. The number of likely N-dealkylation sites (tertiary alicyclic amines) is 1. The number of piperidine rings is 1. The van der Waals surface area contributed by atoms with Gasteiger partial charge in [0.05, 0.1) is 6.04 Å². The molecule has 0 spiro atoms. The lowest BCUT2D eigenvalue weighted by Crippen LogP contribution is -2.52. The highest BCUT2D eigenvalue weighted by molar-refractivity contribution is 5.85. The maximum atomic E-state index is 11.6. The van der Waals surface area contributed by atoms with Gasteiger partial charge in [0, 0.05) is 19.1 Å². The van der Waals surface area contributed by atoms with Gasteiger partial charge in [-0.3, -0.25) is 4.79 Å². The molecular weight excluding hydrogens is 202 g/mol. The number of hydrogen-bond acceptors (Lipinski definition) is 3. The van der Waals surface area contributed by atoms with Gasteiger partial charge in [0.15, 0.2) is 0 Å². The van der Waals surface area contributed by atoms with Gasteiger partial charge in [-0.25, -0.2) is 0 Å². The molecule has 0 radical (unpaired) electrons. The highest BCUT2D eigenvalue weighted by atomic mass is 35.5. The smallest absolute Gasteiger partial charge is 0.239 e. The molecule has 1 aliphatic rings. The lowest BCUT2D eigenvalue weighted by Gasteiger charge is -2.36. The molecule has 0 bridgehead atoms. The molecule has 0 aromatic rings. The maximum Gasteiger partial charge on any atom is 0.239 e. The van der Waals surface area contributed by atoms with Crippen LogP contribution in [0.2, 0.25) is 0 Å². The van der Waals surface area contributed by atoms with Crippen LogP contribution in [0, 0.1) is 0 Å². The van der Waals surface area contributed by atoms with E-state index in [1.807, 2.05) is 4.90 Å². The van der Waals surface area contributed by atoms with Gasteiger partial charge in [0.2, 0.25) is 5.91 Å². The molecule has 1 rings (SSSR count). The van der Waals surface area contributed by atoms with Crippen LogP contribution in [0.25, 0.3) is 0 Å². The number of hydrogen-bond donors (Lipinski definition) is 2. The fourth-order valence-corrected chi connectivity index (χ4v) is 1.80. The molecule has 0 aliphatic carbocycles. The highest BCUT2D eigenvalue weighted by Gasteiger charge is 2.26. The van der Waals surface area contributed by atoms with E-state index in [1.165, 1.54) is 6.42 Å². The predicted molar refractivity (Wildman–Crippen MR) is 59.3 cm³/mol. The Bertz CT molecular complexity index is 187. The minimum absolute atomic E-state index is 0. The van der Waals surface area contributed by atoms with Crippen LogP contribution >= 0.6 is 12.4 Å². The SMILES string of the molecule is C[C@H](N)C(=O)N1CCCCC1CN.Cl. The van der Waals surface area contributed by atoms with E-state index in [-0.39, 0.29) is 24.4 Å². The molecule has 2 atom stereocenters. The third-order valence-electron chi connectivity index (χ3n) is 2.57. The van der Waals surface area contributed by atoms with Crippen LogP contribution < -0.4 is 11.5 Å². The normalized spacial score (nSPS) is 23.9. The van der Waals surface area contributed by atoms with Gasteiger partial charge in [0.25, 0.3) is 0 Å². The summed E-state index contributed by atoms with van der Waals surface area (Å²) in [6.45, 7) is 3.10. The Hall–Kier alpha value is -0.320. The number of rotatable bonds is 2. The zero-order chi connectivity index (χ0) is 9.84. The molecule has 4 N–H and O–H groups in total. The summed E-state index contributed by atoms with van der Waals surface area (Å²) < 4.78 is 0. The first-order valence-corrected chi connectivity index (χ1v) is 4.93.